The standard InChI is InChI=1S/C28H25FN2O3/c1-3-10-21-15-20(16-23(18-30)28(32)31-24-12-6-5-7-13-24)17-26(33-4-2)27(21)34-19-22-11-8-9-14-25(22)29/h3,5-9,11-17H,1,4,10,19H2,2H3,(H,31,32)/b23-16+. The maximum Gasteiger partial charge on any atom is 0.266 e. The lowest BCUT2D eigenvalue weighted by molar-refractivity contribution is -0.112. The molecule has 0 saturated carbocycles. The molecule has 1 amide bonds. The van der Waals surface area contributed by atoms with Crippen LogP contribution in [0.15, 0.2) is 85.0 Å². The molecular weight excluding hydrogens is 431 g/mol. The van der Waals surface area contributed by atoms with Crippen LogP contribution >= 0.6 is 0 Å². The number of amides is 1. The Labute approximate surface area is 198 Å². The Balaban J connectivity index is 1.94. The Morgan fingerprint density at radius 3 is 2.50 bits per heavy atom. The van der Waals surface area contributed by atoms with E-state index in [1.165, 1.54) is 12.1 Å². The highest BCUT2D eigenvalue weighted by Gasteiger charge is 2.16. The van der Waals surface area contributed by atoms with Gasteiger partial charge in [-0.1, -0.05) is 42.5 Å². The van der Waals surface area contributed by atoms with Gasteiger partial charge in [0.25, 0.3) is 5.91 Å². The van der Waals surface area contributed by atoms with E-state index in [2.05, 4.69) is 11.9 Å². The number of nitrogens with one attached hydrogen (secondary N) is 1. The summed E-state index contributed by atoms with van der Waals surface area (Å²) in [6.07, 6.45) is 3.66. The molecule has 5 nitrogen and oxygen atoms in total. The van der Waals surface area contributed by atoms with Crippen LogP contribution in [0.25, 0.3) is 6.08 Å². The van der Waals surface area contributed by atoms with E-state index in [-0.39, 0.29) is 18.0 Å². The zero-order valence-corrected chi connectivity index (χ0v) is 18.9. The average Bonchev–Trinajstić information content (AvgIpc) is 2.84. The fraction of sp³-hybridized carbons (Fsp3) is 0.143. The van der Waals surface area contributed by atoms with Crippen LogP contribution in [-0.2, 0) is 17.8 Å². The van der Waals surface area contributed by atoms with E-state index in [4.69, 9.17) is 9.47 Å². The summed E-state index contributed by atoms with van der Waals surface area (Å²) in [4.78, 5) is 12.6. The van der Waals surface area contributed by atoms with E-state index in [1.54, 1.807) is 60.7 Å². The molecule has 0 atom stereocenters. The zero-order valence-electron chi connectivity index (χ0n) is 18.9. The summed E-state index contributed by atoms with van der Waals surface area (Å²) in [5.41, 5.74) is 2.29. The third kappa shape index (κ3) is 6.33. The lowest BCUT2D eigenvalue weighted by Crippen LogP contribution is -2.13. The highest BCUT2D eigenvalue weighted by molar-refractivity contribution is 6.09. The van der Waals surface area contributed by atoms with Crippen LogP contribution in [0.2, 0.25) is 0 Å². The van der Waals surface area contributed by atoms with Crippen LogP contribution in [0.1, 0.15) is 23.6 Å². The minimum absolute atomic E-state index is 0.0228. The first-order valence-corrected chi connectivity index (χ1v) is 10.8. The second kappa shape index (κ2) is 12.0. The summed E-state index contributed by atoms with van der Waals surface area (Å²) in [6.45, 7) is 6.03. The number of ether oxygens (including phenoxy) is 2. The van der Waals surface area contributed by atoms with Crippen LogP contribution in [-0.4, -0.2) is 12.5 Å². The molecule has 0 saturated heterocycles. The predicted octanol–water partition coefficient (Wildman–Crippen LogP) is 6.08. The normalized spacial score (nSPS) is 10.8. The Hall–Kier alpha value is -4.37. The number of rotatable bonds is 10. The first-order valence-electron chi connectivity index (χ1n) is 10.8. The number of allylic oxidation sites excluding steroid dienone is 1. The number of benzene rings is 3. The molecule has 0 fully saturated rings. The zero-order chi connectivity index (χ0) is 24.3. The molecule has 0 radical (unpaired) electrons. The van der Waals surface area contributed by atoms with E-state index in [0.29, 0.717) is 41.3 Å². The van der Waals surface area contributed by atoms with E-state index >= 15 is 0 Å². The molecule has 1 N–H and O–H groups in total. The molecule has 3 aromatic rings. The first kappa shape index (κ1) is 24.3. The third-order valence-corrected chi connectivity index (χ3v) is 4.86. The quantitative estimate of drug-likeness (QED) is 0.228. The van der Waals surface area contributed by atoms with Crippen molar-refractivity contribution in [2.45, 2.75) is 20.0 Å². The molecule has 34 heavy (non-hydrogen) atoms. The van der Waals surface area contributed by atoms with Gasteiger partial charge in [0.2, 0.25) is 0 Å². The van der Waals surface area contributed by atoms with Gasteiger partial charge in [-0.15, -0.1) is 6.58 Å². The number of anilines is 1. The molecule has 3 aromatic carbocycles. The van der Waals surface area contributed by atoms with Crippen LogP contribution in [0, 0.1) is 17.1 Å². The van der Waals surface area contributed by atoms with Crippen molar-refractivity contribution in [1.82, 2.24) is 0 Å². The number of nitriles is 1. The van der Waals surface area contributed by atoms with Crippen molar-refractivity contribution in [3.63, 3.8) is 0 Å². The highest BCUT2D eigenvalue weighted by Crippen LogP contribution is 2.35. The fourth-order valence-electron chi connectivity index (χ4n) is 3.30. The molecule has 3 rings (SSSR count). The molecule has 172 valence electrons. The molecule has 0 spiro atoms. The average molecular weight is 457 g/mol. The number of carbonyl (C=O) groups is 1. The lowest BCUT2D eigenvalue weighted by atomic mass is 10.0. The SMILES string of the molecule is C=CCc1cc(/C=C(\C#N)C(=O)Nc2ccccc2)cc(OCC)c1OCc1ccccc1F. The van der Waals surface area contributed by atoms with Gasteiger partial charge in [-0.3, -0.25) is 4.79 Å². The van der Waals surface area contributed by atoms with Gasteiger partial charge in [0, 0.05) is 16.8 Å². The second-order valence-electron chi connectivity index (χ2n) is 7.30. The van der Waals surface area contributed by atoms with Gasteiger partial charge < -0.3 is 14.8 Å². The van der Waals surface area contributed by atoms with Crippen LogP contribution in [0.4, 0.5) is 10.1 Å². The van der Waals surface area contributed by atoms with Crippen molar-refractivity contribution in [2.24, 2.45) is 0 Å². The summed E-state index contributed by atoms with van der Waals surface area (Å²) >= 11 is 0. The van der Waals surface area contributed by atoms with E-state index in [1.807, 2.05) is 19.1 Å². The van der Waals surface area contributed by atoms with Crippen LogP contribution < -0.4 is 14.8 Å². The predicted molar refractivity (Wildman–Crippen MR) is 131 cm³/mol. The third-order valence-electron chi connectivity index (χ3n) is 4.86. The molecule has 0 unspecified atom stereocenters. The molecule has 0 aliphatic carbocycles. The molecule has 0 aliphatic heterocycles. The smallest absolute Gasteiger partial charge is 0.266 e. The minimum atomic E-state index is -0.517. The Bertz CT molecular complexity index is 1230. The lowest BCUT2D eigenvalue weighted by Gasteiger charge is -2.17. The number of carbonyl (C=O) groups excluding carboxylic acids is 1. The Morgan fingerprint density at radius 1 is 1.09 bits per heavy atom. The summed E-state index contributed by atoms with van der Waals surface area (Å²) in [5.74, 6) is 0.0322. The molecule has 0 bridgehead atoms. The van der Waals surface area contributed by atoms with Crippen molar-refractivity contribution in [3.05, 3.63) is 107 Å². The second-order valence-corrected chi connectivity index (χ2v) is 7.30. The molecule has 0 aliphatic rings. The largest absolute Gasteiger partial charge is 0.490 e. The van der Waals surface area contributed by atoms with E-state index in [0.717, 1.165) is 5.56 Å². The summed E-state index contributed by atoms with van der Waals surface area (Å²) in [6, 6.07) is 20.8. The van der Waals surface area contributed by atoms with Crippen LogP contribution in [0.3, 0.4) is 0 Å². The Kier molecular flexibility index (Phi) is 8.59. The van der Waals surface area contributed by atoms with E-state index in [9.17, 15) is 14.4 Å². The van der Waals surface area contributed by atoms with Crippen LogP contribution in [0.5, 0.6) is 11.5 Å². The number of nitrogens with zero attached hydrogens (tertiary/aromatic N) is 1. The summed E-state index contributed by atoms with van der Waals surface area (Å²) in [7, 11) is 0. The van der Waals surface area contributed by atoms with Gasteiger partial charge in [0.15, 0.2) is 11.5 Å². The highest BCUT2D eigenvalue weighted by atomic mass is 19.1. The summed E-state index contributed by atoms with van der Waals surface area (Å²) in [5, 5.41) is 12.3. The number of para-hydroxylation sites is 1. The number of hydrogen-bond acceptors (Lipinski definition) is 4. The van der Waals surface area contributed by atoms with E-state index < -0.39 is 5.91 Å². The van der Waals surface area contributed by atoms with Gasteiger partial charge in [0.1, 0.15) is 24.1 Å². The number of halogens is 1. The number of hydrogen-bond donors (Lipinski definition) is 1. The van der Waals surface area contributed by atoms with Gasteiger partial charge in [-0.05, 0) is 55.3 Å². The maximum absolute atomic E-state index is 14.1. The van der Waals surface area contributed by atoms with Crippen molar-refractivity contribution in [1.29, 1.82) is 5.26 Å². The van der Waals surface area contributed by atoms with Crippen molar-refractivity contribution in [3.8, 4) is 17.6 Å². The topological polar surface area (TPSA) is 71.4 Å². The summed E-state index contributed by atoms with van der Waals surface area (Å²) < 4.78 is 25.8. The van der Waals surface area contributed by atoms with Gasteiger partial charge in [-0.25, -0.2) is 4.39 Å². The van der Waals surface area contributed by atoms with Gasteiger partial charge in [-0.2, -0.15) is 5.26 Å². The molecule has 0 aromatic heterocycles. The molecule has 6 heteroatoms. The first-order chi connectivity index (χ1) is 16.5. The van der Waals surface area contributed by atoms with Gasteiger partial charge >= 0.3 is 0 Å². The fourth-order valence-corrected chi connectivity index (χ4v) is 3.30. The monoisotopic (exact) mass is 456 g/mol. The molecular formula is C28H25FN2O3. The van der Waals surface area contributed by atoms with Crippen molar-refractivity contribution >= 4 is 17.7 Å². The maximum atomic E-state index is 14.1. The minimum Gasteiger partial charge on any atom is -0.490 e. The Morgan fingerprint density at radius 2 is 1.82 bits per heavy atom. The van der Waals surface area contributed by atoms with Gasteiger partial charge in [0.05, 0.1) is 6.61 Å². The molecule has 0 heterocycles. The van der Waals surface area contributed by atoms with Crippen molar-refractivity contribution in [2.75, 3.05) is 11.9 Å². The van der Waals surface area contributed by atoms with Crippen molar-refractivity contribution < 1.29 is 18.7 Å².